The predicted molar refractivity (Wildman–Crippen MR) is 77.4 cm³/mol. The molecule has 1 aliphatic heterocycles. The molecule has 3 nitrogen and oxygen atoms in total. The molecule has 1 saturated heterocycles. The van der Waals surface area contributed by atoms with Gasteiger partial charge in [-0.2, -0.15) is 0 Å². The van der Waals surface area contributed by atoms with Crippen molar-refractivity contribution < 1.29 is 4.79 Å². The Hall–Kier alpha value is 0.0900. The summed E-state index contributed by atoms with van der Waals surface area (Å²) in [7, 11) is 0. The minimum atomic E-state index is 0.136. The largest absolute Gasteiger partial charge is 0.338 e. The highest BCUT2D eigenvalue weighted by Crippen LogP contribution is 2.33. The third kappa shape index (κ3) is 3.10. The van der Waals surface area contributed by atoms with E-state index in [9.17, 15) is 4.79 Å². The summed E-state index contributed by atoms with van der Waals surface area (Å²) in [4.78, 5) is 14.9. The monoisotopic (exact) mass is 380 g/mol. The first-order valence-electron chi connectivity index (χ1n) is 5.56. The minimum Gasteiger partial charge on any atom is -0.338 e. The quantitative estimate of drug-likeness (QED) is 0.855. The predicted octanol–water partition coefficient (Wildman–Crippen LogP) is 3.08. The van der Waals surface area contributed by atoms with Crippen molar-refractivity contribution in [2.75, 3.05) is 19.6 Å². The second kappa shape index (κ2) is 5.82. The maximum Gasteiger partial charge on any atom is 0.264 e. The van der Waals surface area contributed by atoms with Crippen LogP contribution in [-0.4, -0.2) is 30.4 Å². The Morgan fingerprint density at radius 1 is 1.47 bits per heavy atom. The zero-order valence-electron chi connectivity index (χ0n) is 9.29. The average molecular weight is 382 g/mol. The van der Waals surface area contributed by atoms with Crippen LogP contribution in [0.4, 0.5) is 0 Å². The molecule has 0 unspecified atom stereocenters. The summed E-state index contributed by atoms with van der Waals surface area (Å²) < 4.78 is 1.92. The van der Waals surface area contributed by atoms with E-state index in [1.54, 1.807) is 0 Å². The Morgan fingerprint density at radius 3 is 2.59 bits per heavy atom. The molecule has 1 aromatic rings. The number of amides is 1. The number of rotatable bonds is 2. The van der Waals surface area contributed by atoms with E-state index in [0.717, 1.165) is 45.6 Å². The summed E-state index contributed by atoms with van der Waals surface area (Å²) in [5.74, 6) is 0.720. The zero-order chi connectivity index (χ0) is 12.4. The van der Waals surface area contributed by atoms with E-state index in [1.165, 1.54) is 11.3 Å². The highest BCUT2D eigenvalue weighted by molar-refractivity contribution is 9.13. The molecule has 0 aliphatic carbocycles. The van der Waals surface area contributed by atoms with E-state index in [4.69, 9.17) is 5.73 Å². The van der Waals surface area contributed by atoms with E-state index >= 15 is 0 Å². The van der Waals surface area contributed by atoms with Crippen LogP contribution in [0, 0.1) is 5.92 Å². The summed E-state index contributed by atoms with van der Waals surface area (Å²) >= 11 is 8.30. The maximum absolute atomic E-state index is 12.2. The van der Waals surface area contributed by atoms with E-state index in [-0.39, 0.29) is 5.91 Å². The van der Waals surface area contributed by atoms with Crippen LogP contribution >= 0.6 is 43.2 Å². The van der Waals surface area contributed by atoms with Gasteiger partial charge in [0.05, 0.1) is 8.66 Å². The number of thiophene rings is 1. The first-order valence-corrected chi connectivity index (χ1v) is 7.96. The van der Waals surface area contributed by atoms with Crippen molar-refractivity contribution in [1.29, 1.82) is 0 Å². The molecule has 6 heteroatoms. The number of hydrogen-bond donors (Lipinski definition) is 1. The summed E-state index contributed by atoms with van der Waals surface area (Å²) in [5, 5.41) is 0. The lowest BCUT2D eigenvalue weighted by molar-refractivity contribution is 0.0698. The Kier molecular flexibility index (Phi) is 4.63. The maximum atomic E-state index is 12.2. The molecule has 0 saturated carbocycles. The molecule has 0 radical (unpaired) electrons. The smallest absolute Gasteiger partial charge is 0.264 e. The molecule has 0 aromatic carbocycles. The molecule has 1 aromatic heterocycles. The minimum absolute atomic E-state index is 0.136. The van der Waals surface area contributed by atoms with Crippen molar-refractivity contribution in [2.45, 2.75) is 12.8 Å². The molecule has 1 fully saturated rings. The van der Waals surface area contributed by atoms with Crippen LogP contribution in [0.25, 0.3) is 0 Å². The topological polar surface area (TPSA) is 46.3 Å². The molecule has 1 amide bonds. The van der Waals surface area contributed by atoms with Crippen LogP contribution < -0.4 is 5.73 Å². The molecule has 0 bridgehead atoms. The van der Waals surface area contributed by atoms with Crippen molar-refractivity contribution in [3.05, 3.63) is 19.2 Å². The SMILES string of the molecule is NCC1CCN(C(=O)c2cc(Br)c(Br)s2)CC1. The van der Waals surface area contributed by atoms with Crippen LogP contribution in [0.2, 0.25) is 0 Å². The molecule has 2 N–H and O–H groups in total. The third-order valence-electron chi connectivity index (χ3n) is 3.09. The fourth-order valence-electron chi connectivity index (χ4n) is 1.98. The fraction of sp³-hybridized carbons (Fsp3) is 0.545. The van der Waals surface area contributed by atoms with Gasteiger partial charge in [0.2, 0.25) is 0 Å². The van der Waals surface area contributed by atoms with Crippen molar-refractivity contribution in [3.8, 4) is 0 Å². The van der Waals surface area contributed by atoms with Crippen LogP contribution in [-0.2, 0) is 0 Å². The molecule has 0 spiro atoms. The second-order valence-corrected chi connectivity index (χ2v) is 7.43. The number of hydrogen-bond acceptors (Lipinski definition) is 3. The van der Waals surface area contributed by atoms with E-state index in [0.29, 0.717) is 5.92 Å². The van der Waals surface area contributed by atoms with Crippen LogP contribution in [0.15, 0.2) is 14.3 Å². The van der Waals surface area contributed by atoms with Crippen molar-refractivity contribution in [3.63, 3.8) is 0 Å². The molecular formula is C11H14Br2N2OS. The van der Waals surface area contributed by atoms with Gasteiger partial charge in [0.15, 0.2) is 0 Å². The van der Waals surface area contributed by atoms with Crippen LogP contribution in [0.1, 0.15) is 22.5 Å². The average Bonchev–Trinajstić information content (AvgIpc) is 2.69. The second-order valence-electron chi connectivity index (χ2n) is 4.20. The summed E-state index contributed by atoms with van der Waals surface area (Å²) in [6, 6.07) is 1.88. The normalized spacial score (nSPS) is 17.5. The third-order valence-corrected chi connectivity index (χ3v) is 6.34. The van der Waals surface area contributed by atoms with Gasteiger partial charge in [-0.1, -0.05) is 0 Å². The molecular weight excluding hydrogens is 368 g/mol. The van der Waals surface area contributed by atoms with Gasteiger partial charge in [-0.25, -0.2) is 0 Å². The van der Waals surface area contributed by atoms with E-state index in [2.05, 4.69) is 31.9 Å². The first kappa shape index (κ1) is 13.5. The molecule has 2 rings (SSSR count). The van der Waals surface area contributed by atoms with Gasteiger partial charge in [0.1, 0.15) is 0 Å². The Morgan fingerprint density at radius 2 is 2.12 bits per heavy atom. The highest BCUT2D eigenvalue weighted by Gasteiger charge is 2.24. The lowest BCUT2D eigenvalue weighted by atomic mass is 9.97. The van der Waals surface area contributed by atoms with Crippen LogP contribution in [0.5, 0.6) is 0 Å². The zero-order valence-corrected chi connectivity index (χ0v) is 13.3. The van der Waals surface area contributed by atoms with Gasteiger partial charge < -0.3 is 10.6 Å². The highest BCUT2D eigenvalue weighted by atomic mass is 79.9. The number of nitrogens with zero attached hydrogens (tertiary/aromatic N) is 1. The molecule has 17 heavy (non-hydrogen) atoms. The van der Waals surface area contributed by atoms with Gasteiger partial charge in [-0.3, -0.25) is 4.79 Å². The summed E-state index contributed by atoms with van der Waals surface area (Å²) in [6.45, 7) is 2.39. The van der Waals surface area contributed by atoms with Gasteiger partial charge in [0, 0.05) is 17.6 Å². The van der Waals surface area contributed by atoms with Crippen molar-refractivity contribution in [2.24, 2.45) is 11.7 Å². The fourth-order valence-corrected chi connectivity index (χ4v) is 3.98. The number of nitrogens with two attached hydrogens (primary N) is 1. The molecule has 0 atom stereocenters. The standard InChI is InChI=1S/C11H14Br2N2OS/c12-8-5-9(17-10(8)13)11(16)15-3-1-7(6-14)2-4-15/h5,7H,1-4,6,14H2. The Labute approximate surface area is 122 Å². The lowest BCUT2D eigenvalue weighted by Crippen LogP contribution is -2.39. The Balaban J connectivity index is 2.01. The number of likely N-dealkylation sites (tertiary alicyclic amines) is 1. The van der Waals surface area contributed by atoms with Crippen molar-refractivity contribution in [1.82, 2.24) is 4.90 Å². The number of carbonyl (C=O) groups is 1. The van der Waals surface area contributed by atoms with Crippen molar-refractivity contribution >= 4 is 49.1 Å². The number of carbonyl (C=O) groups excluding carboxylic acids is 1. The van der Waals surface area contributed by atoms with Crippen LogP contribution in [0.3, 0.4) is 0 Å². The Bertz CT molecular complexity index is 394. The van der Waals surface area contributed by atoms with Gasteiger partial charge in [-0.15, -0.1) is 11.3 Å². The molecule has 94 valence electrons. The number of piperidine rings is 1. The van der Waals surface area contributed by atoms with Gasteiger partial charge in [0.25, 0.3) is 5.91 Å². The lowest BCUT2D eigenvalue weighted by Gasteiger charge is -2.31. The summed E-state index contributed by atoms with van der Waals surface area (Å²) in [6.07, 6.45) is 2.05. The van der Waals surface area contributed by atoms with Gasteiger partial charge in [-0.05, 0) is 63.2 Å². The van der Waals surface area contributed by atoms with E-state index in [1.807, 2.05) is 11.0 Å². The summed E-state index contributed by atoms with van der Waals surface area (Å²) in [5.41, 5.74) is 5.65. The molecule has 1 aliphatic rings. The molecule has 2 heterocycles. The van der Waals surface area contributed by atoms with Gasteiger partial charge >= 0.3 is 0 Å². The first-order chi connectivity index (χ1) is 8.11. The van der Waals surface area contributed by atoms with E-state index < -0.39 is 0 Å². The number of halogens is 2.